The minimum Gasteiger partial charge on any atom is -0.375 e. The van der Waals surface area contributed by atoms with Crippen LogP contribution in [0.4, 0.5) is 0 Å². The number of nitrogens with zero attached hydrogens (tertiary/aromatic N) is 2. The van der Waals surface area contributed by atoms with Crippen LogP contribution in [0.5, 0.6) is 0 Å². The molecule has 24 heavy (non-hydrogen) atoms. The zero-order chi connectivity index (χ0) is 16.4. The molecule has 2 aliphatic heterocycles. The quantitative estimate of drug-likeness (QED) is 0.944. The number of piperidine rings is 1. The lowest BCUT2D eigenvalue weighted by molar-refractivity contribution is -0.0983. The third kappa shape index (κ3) is 2.88. The predicted molar refractivity (Wildman–Crippen MR) is 93.0 cm³/mol. The largest absolute Gasteiger partial charge is 0.375 e. The van der Waals surface area contributed by atoms with Crippen molar-refractivity contribution in [1.82, 2.24) is 9.88 Å². The second kappa shape index (κ2) is 6.48. The van der Waals surface area contributed by atoms with Gasteiger partial charge in [0.05, 0.1) is 17.9 Å². The number of hydrogen-bond donors (Lipinski definition) is 1. The van der Waals surface area contributed by atoms with E-state index in [1.165, 1.54) is 11.1 Å². The molecule has 0 radical (unpaired) electrons. The average molecular weight is 322 g/mol. The highest BCUT2D eigenvalue weighted by molar-refractivity contribution is 5.44. The van der Waals surface area contributed by atoms with E-state index in [2.05, 4.69) is 34.1 Å². The average Bonchev–Trinajstić information content (AvgIpc) is 3.00. The van der Waals surface area contributed by atoms with Crippen molar-refractivity contribution >= 4 is 6.08 Å². The maximum atomic E-state index is 10.4. The molecule has 4 heteroatoms. The molecule has 2 aromatic rings. The normalized spacial score (nSPS) is 21.2. The molecule has 1 unspecified atom stereocenters. The van der Waals surface area contributed by atoms with Crippen molar-refractivity contribution in [2.75, 3.05) is 13.1 Å². The first-order valence-corrected chi connectivity index (χ1v) is 8.51. The van der Waals surface area contributed by atoms with E-state index in [1.807, 2.05) is 30.4 Å². The minimum atomic E-state index is -0.582. The second-order valence-corrected chi connectivity index (χ2v) is 6.50. The van der Waals surface area contributed by atoms with E-state index in [9.17, 15) is 5.11 Å². The van der Waals surface area contributed by atoms with Crippen molar-refractivity contribution in [3.63, 3.8) is 0 Å². The number of hydrogen-bond acceptors (Lipinski definition) is 4. The van der Waals surface area contributed by atoms with Crippen LogP contribution in [0.2, 0.25) is 0 Å². The van der Waals surface area contributed by atoms with Gasteiger partial charge in [-0.3, -0.25) is 9.88 Å². The predicted octanol–water partition coefficient (Wildman–Crippen LogP) is 2.93. The van der Waals surface area contributed by atoms with Gasteiger partial charge in [-0.2, -0.15) is 0 Å². The summed E-state index contributed by atoms with van der Waals surface area (Å²) in [6, 6.07) is 14.3. The highest BCUT2D eigenvalue weighted by Crippen LogP contribution is 2.44. The van der Waals surface area contributed by atoms with Crippen molar-refractivity contribution in [2.24, 2.45) is 0 Å². The fraction of sp³-hybridized carbons (Fsp3) is 0.350. The van der Waals surface area contributed by atoms with E-state index < -0.39 is 6.23 Å². The maximum absolute atomic E-state index is 10.4. The minimum absolute atomic E-state index is 0.155. The molecule has 4 nitrogen and oxygen atoms in total. The lowest BCUT2D eigenvalue weighted by Crippen LogP contribution is -2.46. The summed E-state index contributed by atoms with van der Waals surface area (Å²) < 4.78 is 6.17. The molecule has 1 fully saturated rings. The van der Waals surface area contributed by atoms with Crippen molar-refractivity contribution < 1.29 is 9.84 Å². The Hall–Kier alpha value is -2.01. The highest BCUT2D eigenvalue weighted by Gasteiger charge is 2.42. The van der Waals surface area contributed by atoms with Gasteiger partial charge in [0.2, 0.25) is 0 Å². The van der Waals surface area contributed by atoms with Crippen LogP contribution in [0.25, 0.3) is 6.08 Å². The summed E-state index contributed by atoms with van der Waals surface area (Å²) >= 11 is 0. The first-order valence-electron chi connectivity index (χ1n) is 8.51. The van der Waals surface area contributed by atoms with Gasteiger partial charge in [-0.15, -0.1) is 0 Å². The number of fused-ring (bicyclic) bond motifs is 2. The fourth-order valence-corrected chi connectivity index (χ4v) is 3.73. The van der Waals surface area contributed by atoms with Gasteiger partial charge in [-0.1, -0.05) is 30.3 Å². The molecule has 4 rings (SSSR count). The summed E-state index contributed by atoms with van der Waals surface area (Å²) in [7, 11) is 0. The maximum Gasteiger partial charge on any atom is 0.126 e. The second-order valence-electron chi connectivity index (χ2n) is 6.50. The van der Waals surface area contributed by atoms with E-state index in [0.717, 1.165) is 31.6 Å². The molecule has 1 atom stereocenters. The molecule has 1 saturated heterocycles. The lowest BCUT2D eigenvalue weighted by Gasteiger charge is -2.40. The van der Waals surface area contributed by atoms with Crippen molar-refractivity contribution in [1.29, 1.82) is 0 Å². The van der Waals surface area contributed by atoms with E-state index in [-0.39, 0.29) is 5.60 Å². The number of aromatic nitrogens is 1. The molecule has 2 aliphatic rings. The molecule has 0 amide bonds. The van der Waals surface area contributed by atoms with Crippen LogP contribution in [0.15, 0.2) is 54.7 Å². The van der Waals surface area contributed by atoms with Gasteiger partial charge in [0.15, 0.2) is 0 Å². The molecule has 3 heterocycles. The Morgan fingerprint density at radius 1 is 1.12 bits per heavy atom. The summed E-state index contributed by atoms with van der Waals surface area (Å²) in [5, 5.41) is 10.4. The van der Waals surface area contributed by atoms with Gasteiger partial charge in [0.25, 0.3) is 0 Å². The smallest absolute Gasteiger partial charge is 0.126 e. The van der Waals surface area contributed by atoms with Gasteiger partial charge in [0.1, 0.15) is 6.23 Å². The lowest BCUT2D eigenvalue weighted by atomic mass is 9.84. The van der Waals surface area contributed by atoms with Gasteiger partial charge in [0, 0.05) is 19.3 Å². The molecule has 1 spiro atoms. The number of pyridine rings is 1. The highest BCUT2D eigenvalue weighted by atomic mass is 16.5. The SMILES string of the molecule is OC(/C=C/c1ccccn1)N1CCC2(CC1)OCc1ccccc12. The van der Waals surface area contributed by atoms with Crippen molar-refractivity contribution in [3.05, 3.63) is 71.6 Å². The van der Waals surface area contributed by atoms with Gasteiger partial charge >= 0.3 is 0 Å². The van der Waals surface area contributed by atoms with Crippen LogP contribution in [-0.2, 0) is 16.9 Å². The number of rotatable bonds is 3. The Balaban J connectivity index is 1.41. The summed E-state index contributed by atoms with van der Waals surface area (Å²) in [5.41, 5.74) is 3.35. The van der Waals surface area contributed by atoms with Crippen molar-refractivity contribution in [2.45, 2.75) is 31.3 Å². The number of aliphatic hydroxyl groups is 1. The molecular weight excluding hydrogens is 300 g/mol. The summed E-state index contributed by atoms with van der Waals surface area (Å²) in [6.45, 7) is 2.35. The Morgan fingerprint density at radius 2 is 1.92 bits per heavy atom. The molecule has 0 bridgehead atoms. The molecule has 0 aliphatic carbocycles. The van der Waals surface area contributed by atoms with Gasteiger partial charge < -0.3 is 9.84 Å². The number of likely N-dealkylation sites (tertiary alicyclic amines) is 1. The Bertz CT molecular complexity index is 721. The molecular formula is C20H22N2O2. The first-order chi connectivity index (χ1) is 11.8. The molecule has 1 aromatic heterocycles. The van der Waals surface area contributed by atoms with Gasteiger partial charge in [-0.25, -0.2) is 0 Å². The summed E-state index contributed by atoms with van der Waals surface area (Å²) in [5.74, 6) is 0. The summed E-state index contributed by atoms with van der Waals surface area (Å²) in [4.78, 5) is 6.33. The van der Waals surface area contributed by atoms with Crippen LogP contribution in [0, 0.1) is 0 Å². The van der Waals surface area contributed by atoms with Crippen LogP contribution >= 0.6 is 0 Å². The van der Waals surface area contributed by atoms with Crippen LogP contribution in [0.1, 0.15) is 29.7 Å². The Kier molecular flexibility index (Phi) is 4.19. The topological polar surface area (TPSA) is 45.6 Å². The van der Waals surface area contributed by atoms with Crippen molar-refractivity contribution in [3.8, 4) is 0 Å². The van der Waals surface area contributed by atoms with Crippen LogP contribution in [-0.4, -0.2) is 34.3 Å². The number of aliphatic hydroxyl groups excluding tert-OH is 1. The third-order valence-corrected chi connectivity index (χ3v) is 5.12. The monoisotopic (exact) mass is 322 g/mol. The fourth-order valence-electron chi connectivity index (χ4n) is 3.73. The number of ether oxygens (including phenoxy) is 1. The first kappa shape index (κ1) is 15.5. The van der Waals surface area contributed by atoms with E-state index in [4.69, 9.17) is 4.74 Å². The standard InChI is InChI=1S/C20H22N2O2/c23-19(9-8-17-6-3-4-12-21-17)22-13-10-20(11-14-22)18-7-2-1-5-16(18)15-24-20/h1-9,12,19,23H,10-11,13-15H2/b9-8+. The number of benzene rings is 1. The van der Waals surface area contributed by atoms with E-state index in [0.29, 0.717) is 6.61 Å². The van der Waals surface area contributed by atoms with Crippen LogP contribution < -0.4 is 0 Å². The Labute approximate surface area is 142 Å². The zero-order valence-electron chi connectivity index (χ0n) is 13.6. The molecule has 1 aromatic carbocycles. The van der Waals surface area contributed by atoms with Crippen LogP contribution in [0.3, 0.4) is 0 Å². The van der Waals surface area contributed by atoms with E-state index >= 15 is 0 Å². The molecule has 0 saturated carbocycles. The summed E-state index contributed by atoms with van der Waals surface area (Å²) in [6.07, 6.45) is 6.68. The van der Waals surface area contributed by atoms with E-state index in [1.54, 1.807) is 6.20 Å². The Morgan fingerprint density at radius 3 is 2.71 bits per heavy atom. The third-order valence-electron chi connectivity index (χ3n) is 5.12. The molecule has 124 valence electrons. The zero-order valence-corrected chi connectivity index (χ0v) is 13.6. The van der Waals surface area contributed by atoms with Gasteiger partial charge in [-0.05, 0) is 48.3 Å². The molecule has 1 N–H and O–H groups in total.